The van der Waals surface area contributed by atoms with Crippen LogP contribution in [0.3, 0.4) is 0 Å². The third-order valence-electron chi connectivity index (χ3n) is 3.10. The lowest BCUT2D eigenvalue weighted by atomic mass is 10.2. The minimum atomic E-state index is -3.96. The van der Waals surface area contributed by atoms with E-state index >= 15 is 0 Å². The fourth-order valence-electron chi connectivity index (χ4n) is 1.98. The quantitative estimate of drug-likeness (QED) is 0.832. The van der Waals surface area contributed by atoms with Crippen LogP contribution in [0.1, 0.15) is 16.8 Å². The third kappa shape index (κ3) is 3.66. The Kier molecular flexibility index (Phi) is 4.18. The Labute approximate surface area is 126 Å². The van der Waals surface area contributed by atoms with Crippen molar-refractivity contribution in [3.8, 4) is 0 Å². The summed E-state index contributed by atoms with van der Waals surface area (Å²) in [6.45, 7) is 0. The predicted molar refractivity (Wildman–Crippen MR) is 78.0 cm³/mol. The number of sulfone groups is 1. The van der Waals surface area contributed by atoms with E-state index in [0.717, 1.165) is 6.07 Å². The van der Waals surface area contributed by atoms with Gasteiger partial charge in [-0.05, 0) is 24.6 Å². The monoisotopic (exact) mass is 353 g/mol. The molecule has 1 unspecified atom stereocenters. The van der Waals surface area contributed by atoms with E-state index in [9.17, 15) is 21.6 Å². The van der Waals surface area contributed by atoms with Gasteiger partial charge < -0.3 is 5.11 Å². The van der Waals surface area contributed by atoms with Crippen LogP contribution in [0.15, 0.2) is 18.2 Å². The minimum Gasteiger partial charge on any atom is -0.478 e. The first-order valence-electron chi connectivity index (χ1n) is 5.86. The minimum absolute atomic E-state index is 0.00784. The summed E-state index contributed by atoms with van der Waals surface area (Å²) >= 11 is 5.83. The molecule has 0 saturated carbocycles. The highest BCUT2D eigenvalue weighted by Gasteiger charge is 2.37. The molecule has 2 rings (SSSR count). The van der Waals surface area contributed by atoms with Crippen LogP contribution in [-0.4, -0.2) is 44.7 Å². The lowest BCUT2D eigenvalue weighted by molar-refractivity contribution is 0.0697. The molecular weight excluding hydrogens is 342 g/mol. The fraction of sp³-hybridized carbons (Fsp3) is 0.364. The Bertz CT molecular complexity index is 787. The van der Waals surface area contributed by atoms with Crippen LogP contribution >= 0.6 is 11.6 Å². The molecule has 7 nitrogen and oxygen atoms in total. The standard InChI is InChI=1S/C11H12ClNO6S2/c12-9-2-1-7(11(14)15)5-10(9)13-21(18,19)8-3-4-20(16,17)6-8/h1-2,5,8,13H,3-4,6H2,(H,14,15). The van der Waals surface area contributed by atoms with Crippen LogP contribution in [0.4, 0.5) is 5.69 Å². The summed E-state index contributed by atoms with van der Waals surface area (Å²) in [5.41, 5.74) is -0.211. The van der Waals surface area contributed by atoms with Crippen molar-refractivity contribution in [2.75, 3.05) is 16.2 Å². The average Bonchev–Trinajstić information content (AvgIpc) is 2.73. The first-order valence-corrected chi connectivity index (χ1v) is 9.60. The van der Waals surface area contributed by atoms with E-state index in [1.807, 2.05) is 0 Å². The molecule has 0 radical (unpaired) electrons. The van der Waals surface area contributed by atoms with Crippen LogP contribution in [0, 0.1) is 0 Å². The van der Waals surface area contributed by atoms with Crippen molar-refractivity contribution in [1.29, 1.82) is 0 Å². The Hall–Kier alpha value is -1.32. The van der Waals surface area contributed by atoms with E-state index in [4.69, 9.17) is 16.7 Å². The Balaban J connectivity index is 2.29. The van der Waals surface area contributed by atoms with Crippen molar-refractivity contribution in [3.63, 3.8) is 0 Å². The van der Waals surface area contributed by atoms with Gasteiger partial charge in [-0.1, -0.05) is 11.6 Å². The van der Waals surface area contributed by atoms with Crippen molar-refractivity contribution in [1.82, 2.24) is 0 Å². The topological polar surface area (TPSA) is 118 Å². The van der Waals surface area contributed by atoms with E-state index in [0.29, 0.717) is 0 Å². The highest BCUT2D eigenvalue weighted by atomic mass is 35.5. The van der Waals surface area contributed by atoms with Gasteiger partial charge >= 0.3 is 5.97 Å². The molecule has 2 N–H and O–H groups in total. The molecule has 21 heavy (non-hydrogen) atoms. The van der Waals surface area contributed by atoms with Gasteiger partial charge in [0.15, 0.2) is 9.84 Å². The second-order valence-corrected chi connectivity index (χ2v) is 9.27. The molecule has 1 atom stereocenters. The van der Waals surface area contributed by atoms with Crippen molar-refractivity contribution < 1.29 is 26.7 Å². The van der Waals surface area contributed by atoms with Crippen LogP contribution < -0.4 is 4.72 Å². The molecule has 116 valence electrons. The molecule has 1 fully saturated rings. The summed E-state index contributed by atoms with van der Waals surface area (Å²) in [6, 6.07) is 3.59. The molecule has 0 aliphatic carbocycles. The molecule has 0 bridgehead atoms. The maximum absolute atomic E-state index is 12.1. The predicted octanol–water partition coefficient (Wildman–Crippen LogP) is 0.967. The second kappa shape index (κ2) is 5.47. The number of carboxylic acid groups (broad SMARTS) is 1. The number of carboxylic acids is 1. The van der Waals surface area contributed by atoms with Gasteiger partial charge in [0, 0.05) is 0 Å². The van der Waals surface area contributed by atoms with Crippen LogP contribution in [-0.2, 0) is 19.9 Å². The molecule has 1 aliphatic heterocycles. The van der Waals surface area contributed by atoms with Gasteiger partial charge in [0.2, 0.25) is 10.0 Å². The zero-order chi connectivity index (χ0) is 15.8. The summed E-state index contributed by atoms with van der Waals surface area (Å²) in [4.78, 5) is 10.9. The Morgan fingerprint density at radius 3 is 2.57 bits per heavy atom. The van der Waals surface area contributed by atoms with Gasteiger partial charge in [0.25, 0.3) is 0 Å². The number of halogens is 1. The summed E-state index contributed by atoms with van der Waals surface area (Å²) in [5.74, 6) is -1.85. The molecule has 0 amide bonds. The third-order valence-corrected chi connectivity index (χ3v) is 7.19. The highest BCUT2D eigenvalue weighted by molar-refractivity contribution is 7.97. The summed E-state index contributed by atoms with van der Waals surface area (Å²) in [5, 5.41) is 7.85. The number of hydrogen-bond donors (Lipinski definition) is 2. The van der Waals surface area contributed by atoms with E-state index in [1.54, 1.807) is 0 Å². The molecule has 1 aliphatic rings. The van der Waals surface area contributed by atoms with Gasteiger partial charge in [-0.15, -0.1) is 0 Å². The zero-order valence-electron chi connectivity index (χ0n) is 10.6. The van der Waals surface area contributed by atoms with Gasteiger partial charge in [-0.25, -0.2) is 21.6 Å². The number of rotatable bonds is 4. The molecule has 1 aromatic carbocycles. The highest BCUT2D eigenvalue weighted by Crippen LogP contribution is 2.27. The van der Waals surface area contributed by atoms with Crippen LogP contribution in [0.2, 0.25) is 5.02 Å². The van der Waals surface area contributed by atoms with E-state index in [1.165, 1.54) is 12.1 Å². The van der Waals surface area contributed by atoms with Crippen molar-refractivity contribution in [3.05, 3.63) is 28.8 Å². The average molecular weight is 354 g/mol. The number of nitrogens with one attached hydrogen (secondary N) is 1. The number of benzene rings is 1. The zero-order valence-corrected chi connectivity index (χ0v) is 13.0. The normalized spacial score (nSPS) is 21.1. The molecule has 0 spiro atoms. The largest absolute Gasteiger partial charge is 0.478 e. The number of carbonyl (C=O) groups is 1. The SMILES string of the molecule is O=C(O)c1ccc(Cl)c(NS(=O)(=O)C2CCS(=O)(=O)C2)c1. The smallest absolute Gasteiger partial charge is 0.335 e. The molecule has 1 aromatic rings. The fourth-order valence-corrected chi connectivity index (χ4v) is 6.30. The first kappa shape index (κ1) is 16.1. The van der Waals surface area contributed by atoms with Crippen molar-refractivity contribution >= 4 is 43.1 Å². The summed E-state index contributed by atoms with van der Waals surface area (Å²) < 4.78 is 49.2. The van der Waals surface area contributed by atoms with Gasteiger partial charge in [-0.2, -0.15) is 0 Å². The van der Waals surface area contributed by atoms with E-state index < -0.39 is 36.8 Å². The molecule has 10 heteroatoms. The van der Waals surface area contributed by atoms with Crippen LogP contribution in [0.25, 0.3) is 0 Å². The summed E-state index contributed by atoms with van der Waals surface area (Å²) in [6.07, 6.45) is 0.00784. The maximum Gasteiger partial charge on any atom is 0.335 e. The first-order chi connectivity index (χ1) is 9.61. The van der Waals surface area contributed by atoms with Gasteiger partial charge in [-0.3, -0.25) is 4.72 Å². The lowest BCUT2D eigenvalue weighted by Gasteiger charge is -2.14. The van der Waals surface area contributed by atoms with Crippen LogP contribution in [0.5, 0.6) is 0 Å². The Morgan fingerprint density at radius 1 is 1.38 bits per heavy atom. The number of sulfonamides is 1. The lowest BCUT2D eigenvalue weighted by Crippen LogP contribution is -2.29. The number of anilines is 1. The second-order valence-electron chi connectivity index (χ2n) is 4.67. The number of hydrogen-bond acceptors (Lipinski definition) is 5. The Morgan fingerprint density at radius 2 is 2.05 bits per heavy atom. The molecular formula is C11H12ClNO6S2. The van der Waals surface area contributed by atoms with E-state index in [2.05, 4.69) is 4.72 Å². The number of aromatic carboxylic acids is 1. The summed E-state index contributed by atoms with van der Waals surface area (Å²) in [7, 11) is -7.30. The maximum atomic E-state index is 12.1. The molecule has 1 heterocycles. The van der Waals surface area contributed by atoms with Gasteiger partial charge in [0.1, 0.15) is 0 Å². The molecule has 0 aromatic heterocycles. The van der Waals surface area contributed by atoms with Gasteiger partial charge in [0.05, 0.1) is 33.0 Å². The van der Waals surface area contributed by atoms with E-state index in [-0.39, 0.29) is 28.4 Å². The van der Waals surface area contributed by atoms with Crippen molar-refractivity contribution in [2.24, 2.45) is 0 Å². The molecule has 1 saturated heterocycles. The van der Waals surface area contributed by atoms with Crippen molar-refractivity contribution in [2.45, 2.75) is 11.7 Å².